The van der Waals surface area contributed by atoms with Crippen LogP contribution in [0.3, 0.4) is 0 Å². The van der Waals surface area contributed by atoms with Crippen LogP contribution >= 0.6 is 0 Å². The van der Waals surface area contributed by atoms with Crippen molar-refractivity contribution in [3.05, 3.63) is 0 Å². The van der Waals surface area contributed by atoms with E-state index in [0.29, 0.717) is 0 Å². The Hall–Kier alpha value is -0.120. The highest BCUT2D eigenvalue weighted by Crippen LogP contribution is 2.16. The number of nitrogens with zero attached hydrogens (tertiary/aromatic N) is 1. The minimum Gasteiger partial charge on any atom is -0.393 e. The fourth-order valence-corrected chi connectivity index (χ4v) is 0.993. The summed E-state index contributed by atoms with van der Waals surface area (Å²) >= 11 is 0. The molecule has 2 aliphatic rings. The van der Waals surface area contributed by atoms with Crippen molar-refractivity contribution in [1.29, 1.82) is 0 Å². The summed E-state index contributed by atoms with van der Waals surface area (Å²) in [5, 5.41) is 10.1. The van der Waals surface area contributed by atoms with Crippen molar-refractivity contribution < 1.29 is 5.11 Å². The molecule has 1 saturated carbocycles. The van der Waals surface area contributed by atoms with Crippen LogP contribution in [0.1, 0.15) is 32.1 Å². The lowest BCUT2D eigenvalue weighted by Crippen LogP contribution is -2.35. The molecule has 0 aromatic rings. The Bertz CT molecular complexity index is 98.3. The fourth-order valence-electron chi connectivity index (χ4n) is 0.993. The van der Waals surface area contributed by atoms with E-state index >= 15 is 0 Å². The molecule has 1 aliphatic carbocycles. The van der Waals surface area contributed by atoms with Crippen LogP contribution in [0.15, 0.2) is 0 Å². The van der Waals surface area contributed by atoms with Gasteiger partial charge in [0.05, 0.1) is 6.10 Å². The van der Waals surface area contributed by atoms with Crippen molar-refractivity contribution in [2.75, 3.05) is 13.1 Å². The molecular formula is C8H18N2O. The number of nitrogens with two attached hydrogens (primary N) is 1. The quantitative estimate of drug-likeness (QED) is 0.504. The van der Waals surface area contributed by atoms with Gasteiger partial charge in [0.15, 0.2) is 0 Å². The molecule has 66 valence electrons. The van der Waals surface area contributed by atoms with E-state index in [2.05, 4.69) is 0 Å². The van der Waals surface area contributed by atoms with Gasteiger partial charge in [-0.1, -0.05) is 6.42 Å². The number of piperidine rings is 1. The molecule has 0 bridgehead atoms. The first-order chi connectivity index (χ1) is 5.29. The van der Waals surface area contributed by atoms with Crippen molar-refractivity contribution in [3.63, 3.8) is 0 Å². The summed E-state index contributed by atoms with van der Waals surface area (Å²) < 4.78 is 0. The molecule has 1 aliphatic heterocycles. The number of hydrazine groups is 1. The lowest BCUT2D eigenvalue weighted by molar-refractivity contribution is 0.235. The molecule has 0 spiro atoms. The van der Waals surface area contributed by atoms with Crippen molar-refractivity contribution in [3.8, 4) is 0 Å². The van der Waals surface area contributed by atoms with Gasteiger partial charge in [0.1, 0.15) is 0 Å². The second-order valence-electron chi connectivity index (χ2n) is 3.33. The van der Waals surface area contributed by atoms with E-state index in [1.54, 1.807) is 0 Å². The first-order valence-corrected chi connectivity index (χ1v) is 4.47. The van der Waals surface area contributed by atoms with Crippen LogP contribution < -0.4 is 5.84 Å². The average molecular weight is 158 g/mol. The molecule has 0 unspecified atom stereocenters. The smallest absolute Gasteiger partial charge is 0.0542 e. The van der Waals surface area contributed by atoms with Crippen LogP contribution in [0.4, 0.5) is 0 Å². The number of aliphatic hydroxyl groups excluding tert-OH is 1. The van der Waals surface area contributed by atoms with E-state index in [1.807, 2.05) is 5.01 Å². The highest BCUT2D eigenvalue weighted by atomic mass is 16.3. The van der Waals surface area contributed by atoms with Crippen molar-refractivity contribution >= 4 is 0 Å². The summed E-state index contributed by atoms with van der Waals surface area (Å²) in [5.41, 5.74) is 0. The molecule has 11 heavy (non-hydrogen) atoms. The number of hydrogen-bond acceptors (Lipinski definition) is 3. The SMILES string of the molecule is NN1CCCCC1.OC1CC1. The largest absolute Gasteiger partial charge is 0.393 e. The third kappa shape index (κ3) is 5.18. The standard InChI is InChI=1S/C5H12N2.C3H6O/c6-7-4-2-1-3-5-7;4-3-1-2-3/h1-6H2;3-4H,1-2H2. The Balaban J connectivity index is 0.000000128. The van der Waals surface area contributed by atoms with Crippen LogP contribution in [0, 0.1) is 0 Å². The van der Waals surface area contributed by atoms with Crippen molar-refractivity contribution in [2.24, 2.45) is 5.84 Å². The van der Waals surface area contributed by atoms with E-state index < -0.39 is 0 Å². The monoisotopic (exact) mass is 158 g/mol. The van der Waals surface area contributed by atoms with Gasteiger partial charge in [0.2, 0.25) is 0 Å². The molecule has 0 aromatic heterocycles. The summed E-state index contributed by atoms with van der Waals surface area (Å²) in [5.74, 6) is 5.47. The van der Waals surface area contributed by atoms with Crippen molar-refractivity contribution in [1.82, 2.24) is 5.01 Å². The second kappa shape index (κ2) is 4.70. The molecule has 0 atom stereocenters. The minimum absolute atomic E-state index is 0.0833. The molecule has 1 saturated heterocycles. The molecule has 2 fully saturated rings. The number of rotatable bonds is 0. The van der Waals surface area contributed by atoms with E-state index in [9.17, 15) is 0 Å². The average Bonchev–Trinajstić information content (AvgIpc) is 2.75. The summed E-state index contributed by atoms with van der Waals surface area (Å²) in [4.78, 5) is 0. The Morgan fingerprint density at radius 3 is 1.73 bits per heavy atom. The molecule has 3 nitrogen and oxygen atoms in total. The Morgan fingerprint density at radius 1 is 1.09 bits per heavy atom. The zero-order valence-corrected chi connectivity index (χ0v) is 7.00. The molecule has 1 heterocycles. The predicted octanol–water partition coefficient (Wildman–Crippen LogP) is 0.487. The van der Waals surface area contributed by atoms with E-state index in [4.69, 9.17) is 10.9 Å². The molecule has 0 aromatic carbocycles. The molecule has 3 heteroatoms. The molecule has 3 N–H and O–H groups in total. The zero-order valence-electron chi connectivity index (χ0n) is 7.00. The first-order valence-electron chi connectivity index (χ1n) is 4.47. The Kier molecular flexibility index (Phi) is 3.83. The van der Waals surface area contributed by atoms with Crippen LogP contribution in [0.5, 0.6) is 0 Å². The van der Waals surface area contributed by atoms with Gasteiger partial charge in [-0.2, -0.15) is 0 Å². The fraction of sp³-hybridized carbons (Fsp3) is 1.00. The van der Waals surface area contributed by atoms with Gasteiger partial charge in [-0.15, -0.1) is 0 Å². The molecule has 0 radical (unpaired) electrons. The third-order valence-electron chi connectivity index (χ3n) is 1.94. The lowest BCUT2D eigenvalue weighted by atomic mass is 10.2. The van der Waals surface area contributed by atoms with Crippen LogP contribution in [0.25, 0.3) is 0 Å². The van der Waals surface area contributed by atoms with Gasteiger partial charge < -0.3 is 5.11 Å². The second-order valence-corrected chi connectivity index (χ2v) is 3.33. The summed E-state index contributed by atoms with van der Waals surface area (Å²) in [7, 11) is 0. The maximum Gasteiger partial charge on any atom is 0.0542 e. The summed E-state index contributed by atoms with van der Waals surface area (Å²) in [6, 6.07) is 0. The van der Waals surface area contributed by atoms with Crippen molar-refractivity contribution in [2.45, 2.75) is 38.2 Å². The Morgan fingerprint density at radius 2 is 1.55 bits per heavy atom. The van der Waals surface area contributed by atoms with Gasteiger partial charge >= 0.3 is 0 Å². The normalized spacial score (nSPS) is 25.6. The van der Waals surface area contributed by atoms with Gasteiger partial charge in [0.25, 0.3) is 0 Å². The van der Waals surface area contributed by atoms with Gasteiger partial charge in [-0.3, -0.25) is 5.84 Å². The van der Waals surface area contributed by atoms with Gasteiger partial charge in [-0.25, -0.2) is 5.01 Å². The molecular weight excluding hydrogens is 140 g/mol. The van der Waals surface area contributed by atoms with Gasteiger partial charge in [-0.05, 0) is 25.7 Å². The first kappa shape index (κ1) is 8.97. The van der Waals surface area contributed by atoms with Gasteiger partial charge in [0, 0.05) is 13.1 Å². The number of hydrogen-bond donors (Lipinski definition) is 2. The maximum atomic E-state index is 8.17. The summed E-state index contributed by atoms with van der Waals surface area (Å²) in [6.07, 6.45) is 6.11. The lowest BCUT2D eigenvalue weighted by Gasteiger charge is -2.20. The molecule has 0 amide bonds. The van der Waals surface area contributed by atoms with E-state index in [0.717, 1.165) is 25.9 Å². The van der Waals surface area contributed by atoms with Crippen LogP contribution in [-0.2, 0) is 0 Å². The highest BCUT2D eigenvalue weighted by Gasteiger charge is 2.15. The van der Waals surface area contributed by atoms with Crippen LogP contribution in [-0.4, -0.2) is 29.3 Å². The molecule has 2 rings (SSSR count). The van der Waals surface area contributed by atoms with Crippen LogP contribution in [0.2, 0.25) is 0 Å². The minimum atomic E-state index is 0.0833. The van der Waals surface area contributed by atoms with E-state index in [-0.39, 0.29) is 6.10 Å². The highest BCUT2D eigenvalue weighted by molar-refractivity contribution is 4.68. The maximum absolute atomic E-state index is 8.17. The third-order valence-corrected chi connectivity index (χ3v) is 1.94. The van der Waals surface area contributed by atoms with E-state index in [1.165, 1.54) is 19.3 Å². The summed E-state index contributed by atoms with van der Waals surface area (Å²) in [6.45, 7) is 2.19. The zero-order chi connectivity index (χ0) is 8.10. The Labute approximate surface area is 68.2 Å². The predicted molar refractivity (Wildman–Crippen MR) is 44.9 cm³/mol. The topological polar surface area (TPSA) is 49.5 Å². The number of aliphatic hydroxyl groups is 1.